The Balaban J connectivity index is 2.04. The molecule has 0 radical (unpaired) electrons. The first-order chi connectivity index (χ1) is 11.2. The second-order valence-electron chi connectivity index (χ2n) is 5.87. The number of phenols is 2. The summed E-state index contributed by atoms with van der Waals surface area (Å²) in [7, 11) is 0. The third-order valence-electron chi connectivity index (χ3n) is 3.70. The average Bonchev–Trinajstić information content (AvgIpc) is 2.51. The zero-order chi connectivity index (χ0) is 16.8. The van der Waals surface area contributed by atoms with Crippen molar-refractivity contribution in [2.24, 2.45) is 0 Å². The van der Waals surface area contributed by atoms with Crippen LogP contribution in [-0.2, 0) is 6.42 Å². The lowest BCUT2D eigenvalue weighted by molar-refractivity contribution is 0.449. The highest BCUT2D eigenvalue weighted by Gasteiger charge is 1.96. The molecule has 0 saturated carbocycles. The van der Waals surface area contributed by atoms with Crippen molar-refractivity contribution in [3.63, 3.8) is 0 Å². The van der Waals surface area contributed by atoms with Gasteiger partial charge in [0.05, 0.1) is 0 Å². The second-order valence-corrected chi connectivity index (χ2v) is 5.87. The number of unbranched alkanes of at least 4 members (excludes halogenated alkanes) is 6. The summed E-state index contributed by atoms with van der Waals surface area (Å²) in [5, 5.41) is 18.8. The number of allylic oxidation sites excluding steroid dienone is 5. The highest BCUT2D eigenvalue weighted by atomic mass is 16.3. The van der Waals surface area contributed by atoms with Gasteiger partial charge in [-0.25, -0.2) is 0 Å². The van der Waals surface area contributed by atoms with E-state index in [9.17, 15) is 10.2 Å². The van der Waals surface area contributed by atoms with Crippen molar-refractivity contribution < 1.29 is 10.2 Å². The average molecular weight is 314 g/mol. The molecule has 0 amide bonds. The highest BCUT2D eigenvalue weighted by molar-refractivity contribution is 5.37. The molecule has 0 aromatic heterocycles. The molecule has 0 heterocycles. The van der Waals surface area contributed by atoms with E-state index in [0.29, 0.717) is 0 Å². The first-order valence-corrected chi connectivity index (χ1v) is 8.65. The van der Waals surface area contributed by atoms with E-state index >= 15 is 0 Å². The minimum Gasteiger partial charge on any atom is -0.508 e. The maximum Gasteiger partial charge on any atom is 0.119 e. The Kier molecular flexibility index (Phi) is 10.4. The van der Waals surface area contributed by atoms with E-state index in [1.807, 2.05) is 6.08 Å². The largest absolute Gasteiger partial charge is 0.508 e. The molecular formula is C21H30O2. The molecule has 1 aromatic rings. The minimum atomic E-state index is 0.109. The predicted molar refractivity (Wildman–Crippen MR) is 98.9 cm³/mol. The van der Waals surface area contributed by atoms with Gasteiger partial charge < -0.3 is 10.2 Å². The van der Waals surface area contributed by atoms with Gasteiger partial charge in [-0.15, -0.1) is 6.58 Å². The van der Waals surface area contributed by atoms with Gasteiger partial charge in [0.1, 0.15) is 11.5 Å². The zero-order valence-corrected chi connectivity index (χ0v) is 14.1. The number of rotatable bonds is 12. The van der Waals surface area contributed by atoms with E-state index < -0.39 is 0 Å². The third kappa shape index (κ3) is 10.4. The molecule has 23 heavy (non-hydrogen) atoms. The Labute approximate surface area is 140 Å². The predicted octanol–water partition coefficient (Wildman–Crippen LogP) is 6.06. The van der Waals surface area contributed by atoms with Crippen LogP contribution in [0.3, 0.4) is 0 Å². The molecule has 0 unspecified atom stereocenters. The van der Waals surface area contributed by atoms with Crippen LogP contribution in [0.5, 0.6) is 11.5 Å². The van der Waals surface area contributed by atoms with Crippen molar-refractivity contribution in [3.05, 3.63) is 60.7 Å². The Bertz CT molecular complexity index is 480. The van der Waals surface area contributed by atoms with Crippen LogP contribution in [0.15, 0.2) is 55.2 Å². The lowest BCUT2D eigenvalue weighted by Gasteiger charge is -1.99. The molecule has 0 aliphatic heterocycles. The molecule has 0 bridgehead atoms. The number of hydrogen-bond acceptors (Lipinski definition) is 2. The van der Waals surface area contributed by atoms with Crippen molar-refractivity contribution >= 4 is 0 Å². The van der Waals surface area contributed by atoms with E-state index in [1.165, 1.54) is 38.2 Å². The van der Waals surface area contributed by atoms with Crippen molar-refractivity contribution in [1.82, 2.24) is 0 Å². The molecule has 1 aromatic carbocycles. The third-order valence-corrected chi connectivity index (χ3v) is 3.70. The summed E-state index contributed by atoms with van der Waals surface area (Å²) in [6.07, 6.45) is 21.1. The van der Waals surface area contributed by atoms with Gasteiger partial charge >= 0.3 is 0 Å². The van der Waals surface area contributed by atoms with Gasteiger partial charge in [0.2, 0.25) is 0 Å². The summed E-state index contributed by atoms with van der Waals surface area (Å²) in [5.74, 6) is 0.218. The van der Waals surface area contributed by atoms with Crippen LogP contribution in [0.4, 0.5) is 0 Å². The second kappa shape index (κ2) is 12.6. The van der Waals surface area contributed by atoms with Crippen molar-refractivity contribution in [3.8, 4) is 11.5 Å². The quantitative estimate of drug-likeness (QED) is 0.363. The van der Waals surface area contributed by atoms with Crippen molar-refractivity contribution in [2.75, 3.05) is 0 Å². The monoisotopic (exact) mass is 314 g/mol. The first-order valence-electron chi connectivity index (χ1n) is 8.65. The summed E-state index contributed by atoms with van der Waals surface area (Å²) in [6, 6.07) is 4.69. The number of benzene rings is 1. The maximum atomic E-state index is 9.40. The topological polar surface area (TPSA) is 40.5 Å². The lowest BCUT2D eigenvalue weighted by atomic mass is 10.1. The molecule has 0 atom stereocenters. The van der Waals surface area contributed by atoms with Crippen LogP contribution in [0.2, 0.25) is 0 Å². The molecule has 126 valence electrons. The zero-order valence-electron chi connectivity index (χ0n) is 14.1. The molecule has 0 fully saturated rings. The van der Waals surface area contributed by atoms with E-state index in [1.54, 1.807) is 12.1 Å². The van der Waals surface area contributed by atoms with Gasteiger partial charge in [0, 0.05) is 6.07 Å². The van der Waals surface area contributed by atoms with Crippen LogP contribution >= 0.6 is 0 Å². The van der Waals surface area contributed by atoms with Crippen molar-refractivity contribution in [2.45, 2.75) is 57.8 Å². The minimum absolute atomic E-state index is 0.109. The van der Waals surface area contributed by atoms with Gasteiger partial charge in [-0.3, -0.25) is 0 Å². The number of phenolic OH excluding ortho intramolecular Hbond substituents is 2. The Hall–Kier alpha value is -1.96. The molecular weight excluding hydrogens is 284 g/mol. The maximum absolute atomic E-state index is 9.40. The van der Waals surface area contributed by atoms with E-state index in [0.717, 1.165) is 31.2 Å². The van der Waals surface area contributed by atoms with Gasteiger partial charge in [0.25, 0.3) is 0 Å². The van der Waals surface area contributed by atoms with Crippen LogP contribution in [0.25, 0.3) is 0 Å². The van der Waals surface area contributed by atoms with Crippen LogP contribution in [0.1, 0.15) is 56.9 Å². The lowest BCUT2D eigenvalue weighted by Crippen LogP contribution is -1.80. The van der Waals surface area contributed by atoms with E-state index in [4.69, 9.17) is 0 Å². The fourth-order valence-corrected chi connectivity index (χ4v) is 2.46. The Morgan fingerprint density at radius 3 is 2.04 bits per heavy atom. The molecule has 2 nitrogen and oxygen atoms in total. The number of hydrogen-bond donors (Lipinski definition) is 2. The highest BCUT2D eigenvalue weighted by Crippen LogP contribution is 2.20. The van der Waals surface area contributed by atoms with Gasteiger partial charge in [0.15, 0.2) is 0 Å². The van der Waals surface area contributed by atoms with E-state index in [2.05, 4.69) is 30.9 Å². The molecule has 0 aliphatic rings. The smallest absolute Gasteiger partial charge is 0.119 e. The molecule has 0 saturated heterocycles. The molecule has 1 rings (SSSR count). The van der Waals surface area contributed by atoms with Gasteiger partial charge in [-0.2, -0.15) is 0 Å². The normalized spacial score (nSPS) is 11.5. The summed E-state index contributed by atoms with van der Waals surface area (Å²) < 4.78 is 0. The summed E-state index contributed by atoms with van der Waals surface area (Å²) in [6.45, 7) is 3.74. The molecule has 0 aliphatic carbocycles. The number of aromatic hydroxyl groups is 2. The first kappa shape index (κ1) is 19.1. The van der Waals surface area contributed by atoms with E-state index in [-0.39, 0.29) is 11.5 Å². The van der Waals surface area contributed by atoms with Crippen LogP contribution < -0.4 is 0 Å². The molecule has 2 heteroatoms. The van der Waals surface area contributed by atoms with Crippen molar-refractivity contribution in [1.29, 1.82) is 0 Å². The Morgan fingerprint density at radius 1 is 0.739 bits per heavy atom. The summed E-state index contributed by atoms with van der Waals surface area (Å²) >= 11 is 0. The molecule has 2 N–H and O–H groups in total. The Morgan fingerprint density at radius 2 is 1.35 bits per heavy atom. The summed E-state index contributed by atoms with van der Waals surface area (Å²) in [5.41, 5.74) is 0.916. The fraction of sp³-hybridized carbons (Fsp3) is 0.429. The van der Waals surface area contributed by atoms with Gasteiger partial charge in [-0.05, 0) is 56.2 Å². The molecule has 0 spiro atoms. The fourth-order valence-electron chi connectivity index (χ4n) is 2.46. The SMILES string of the molecule is C=CCCCCCCCC=CCC=CCc1cc(O)cc(O)c1. The van der Waals surface area contributed by atoms with Crippen LogP contribution in [0, 0.1) is 0 Å². The van der Waals surface area contributed by atoms with Gasteiger partial charge in [-0.1, -0.05) is 49.6 Å². The van der Waals surface area contributed by atoms with Crippen LogP contribution in [-0.4, -0.2) is 10.2 Å². The standard InChI is InChI=1S/C21H30O2/c1-2-3-4-5-6-7-8-9-10-11-12-13-14-15-19-16-20(22)18-21(23)17-19/h2,10-11,13-14,16-18,22-23H,1,3-9,12,15H2. The summed E-state index contributed by atoms with van der Waals surface area (Å²) in [4.78, 5) is 0.